The zero-order valence-electron chi connectivity index (χ0n) is 10.0. The molecule has 0 bridgehead atoms. The van der Waals surface area contributed by atoms with E-state index in [1.807, 2.05) is 19.1 Å². The van der Waals surface area contributed by atoms with Gasteiger partial charge in [0.2, 0.25) is 0 Å². The van der Waals surface area contributed by atoms with Crippen LogP contribution in [0, 0.1) is 10.5 Å². The lowest BCUT2D eigenvalue weighted by Gasteiger charge is -2.17. The van der Waals surface area contributed by atoms with E-state index in [1.165, 1.54) is 9.13 Å². The number of hydrogen-bond acceptors (Lipinski definition) is 2. The second kappa shape index (κ2) is 5.69. The molecule has 1 atom stereocenters. The van der Waals surface area contributed by atoms with Gasteiger partial charge in [-0.15, -0.1) is 0 Å². The summed E-state index contributed by atoms with van der Waals surface area (Å²) in [5.41, 5.74) is 1.27. The fourth-order valence-electron chi connectivity index (χ4n) is 1.89. The van der Waals surface area contributed by atoms with Gasteiger partial charge in [-0.1, -0.05) is 25.1 Å². The fraction of sp³-hybridized carbons (Fsp3) is 0.286. The summed E-state index contributed by atoms with van der Waals surface area (Å²) in [5, 5.41) is 3.47. The van der Waals surface area contributed by atoms with Gasteiger partial charge in [0.25, 0.3) is 0 Å². The van der Waals surface area contributed by atoms with Crippen LogP contribution in [0.1, 0.15) is 30.0 Å². The van der Waals surface area contributed by atoms with Crippen LogP contribution in [0.25, 0.3) is 0 Å². The lowest BCUT2D eigenvalue weighted by atomic mass is 10.0. The second-order valence-electron chi connectivity index (χ2n) is 3.96. The zero-order chi connectivity index (χ0) is 12.3. The molecule has 0 aliphatic carbocycles. The maximum atomic E-state index is 5.74. The smallest absolute Gasteiger partial charge is 0.125 e. The van der Waals surface area contributed by atoms with Crippen LogP contribution >= 0.6 is 22.6 Å². The average molecular weight is 341 g/mol. The van der Waals surface area contributed by atoms with Gasteiger partial charge < -0.3 is 9.73 Å². The molecule has 2 aromatic rings. The molecule has 1 aromatic carbocycles. The lowest BCUT2D eigenvalue weighted by Crippen LogP contribution is -2.22. The highest BCUT2D eigenvalue weighted by atomic mass is 127. The molecule has 90 valence electrons. The van der Waals surface area contributed by atoms with Crippen LogP contribution in [0.4, 0.5) is 0 Å². The molecule has 1 unspecified atom stereocenters. The number of furan rings is 1. The predicted molar refractivity (Wildman–Crippen MR) is 78.1 cm³/mol. The van der Waals surface area contributed by atoms with Gasteiger partial charge in [-0.2, -0.15) is 0 Å². The van der Waals surface area contributed by atoms with Gasteiger partial charge in [0.1, 0.15) is 11.5 Å². The van der Waals surface area contributed by atoms with Gasteiger partial charge in [0.15, 0.2) is 0 Å². The Hall–Kier alpha value is -0.810. The molecule has 0 radical (unpaired) electrons. The first-order valence-electron chi connectivity index (χ1n) is 5.76. The molecule has 2 rings (SSSR count). The minimum atomic E-state index is 0.141. The van der Waals surface area contributed by atoms with Crippen LogP contribution in [0.2, 0.25) is 0 Å². The number of benzene rings is 1. The molecule has 0 spiro atoms. The molecular formula is C14H16INO. The number of halogens is 1. The van der Waals surface area contributed by atoms with Crippen LogP contribution in [0.5, 0.6) is 0 Å². The monoisotopic (exact) mass is 341 g/mol. The van der Waals surface area contributed by atoms with E-state index in [0.717, 1.165) is 18.1 Å². The molecule has 0 saturated carbocycles. The molecule has 3 heteroatoms. The number of nitrogens with one attached hydrogen (secondary N) is 1. The van der Waals surface area contributed by atoms with Gasteiger partial charge >= 0.3 is 0 Å². The Kier molecular flexibility index (Phi) is 4.23. The molecule has 17 heavy (non-hydrogen) atoms. The van der Waals surface area contributed by atoms with E-state index in [2.05, 4.69) is 59.1 Å². The van der Waals surface area contributed by atoms with Gasteiger partial charge in [0.05, 0.1) is 6.04 Å². The highest BCUT2D eigenvalue weighted by Crippen LogP contribution is 2.27. The van der Waals surface area contributed by atoms with Crippen LogP contribution in [0.15, 0.2) is 40.8 Å². The summed E-state index contributed by atoms with van der Waals surface area (Å²) in [6.45, 7) is 5.00. The summed E-state index contributed by atoms with van der Waals surface area (Å²) in [4.78, 5) is 0. The summed E-state index contributed by atoms with van der Waals surface area (Å²) in [5.74, 6) is 1.93. The van der Waals surface area contributed by atoms with E-state index in [9.17, 15) is 0 Å². The molecule has 0 saturated heterocycles. The Balaban J connectivity index is 2.39. The van der Waals surface area contributed by atoms with Crippen molar-refractivity contribution in [2.45, 2.75) is 19.9 Å². The molecule has 1 N–H and O–H groups in total. The first-order valence-corrected chi connectivity index (χ1v) is 6.84. The second-order valence-corrected chi connectivity index (χ2v) is 5.12. The maximum absolute atomic E-state index is 5.74. The van der Waals surface area contributed by atoms with Crippen molar-refractivity contribution in [3.05, 3.63) is 57.1 Å². The summed E-state index contributed by atoms with van der Waals surface area (Å²) < 4.78 is 7.00. The van der Waals surface area contributed by atoms with Gasteiger partial charge in [-0.05, 0) is 59.8 Å². The third-order valence-electron chi connectivity index (χ3n) is 2.67. The molecular weight excluding hydrogens is 325 g/mol. The topological polar surface area (TPSA) is 25.2 Å². The Bertz CT molecular complexity index is 492. The van der Waals surface area contributed by atoms with Crippen LogP contribution in [-0.4, -0.2) is 6.54 Å². The summed E-state index contributed by atoms with van der Waals surface area (Å²) in [7, 11) is 0. The largest absolute Gasteiger partial charge is 0.464 e. The van der Waals surface area contributed by atoms with E-state index < -0.39 is 0 Å². The molecule has 0 aliphatic rings. The quantitative estimate of drug-likeness (QED) is 0.854. The lowest BCUT2D eigenvalue weighted by molar-refractivity contribution is 0.434. The van der Waals surface area contributed by atoms with Crippen LogP contribution in [-0.2, 0) is 0 Å². The average Bonchev–Trinajstić information content (AvgIpc) is 2.74. The Morgan fingerprint density at radius 2 is 2.00 bits per heavy atom. The summed E-state index contributed by atoms with van der Waals surface area (Å²) in [6, 6.07) is 12.6. The minimum Gasteiger partial charge on any atom is -0.464 e. The Morgan fingerprint density at radius 3 is 2.59 bits per heavy atom. The first-order chi connectivity index (χ1) is 8.22. The van der Waals surface area contributed by atoms with E-state index in [-0.39, 0.29) is 6.04 Å². The van der Waals surface area contributed by atoms with E-state index in [1.54, 1.807) is 0 Å². The van der Waals surface area contributed by atoms with Gasteiger partial charge in [-0.25, -0.2) is 0 Å². The van der Waals surface area contributed by atoms with Gasteiger partial charge in [0, 0.05) is 3.57 Å². The number of hydrogen-bond donors (Lipinski definition) is 1. The van der Waals surface area contributed by atoms with Crippen molar-refractivity contribution in [1.29, 1.82) is 0 Å². The zero-order valence-corrected chi connectivity index (χ0v) is 12.2. The highest BCUT2D eigenvalue weighted by Gasteiger charge is 2.18. The predicted octanol–water partition coefficient (Wildman–Crippen LogP) is 3.89. The van der Waals surface area contributed by atoms with Crippen LogP contribution in [0.3, 0.4) is 0 Å². The van der Waals surface area contributed by atoms with Crippen molar-refractivity contribution in [2.24, 2.45) is 0 Å². The molecule has 0 amide bonds. The normalized spacial score (nSPS) is 12.6. The van der Waals surface area contributed by atoms with Crippen molar-refractivity contribution in [2.75, 3.05) is 6.54 Å². The van der Waals surface area contributed by atoms with Crippen molar-refractivity contribution in [3.8, 4) is 0 Å². The molecule has 1 heterocycles. The minimum absolute atomic E-state index is 0.141. The summed E-state index contributed by atoms with van der Waals surface area (Å²) in [6.07, 6.45) is 0. The first kappa shape index (κ1) is 12.6. The van der Waals surface area contributed by atoms with Gasteiger partial charge in [-0.3, -0.25) is 0 Å². The van der Waals surface area contributed by atoms with E-state index in [4.69, 9.17) is 4.42 Å². The number of aryl methyl sites for hydroxylation is 1. The van der Waals surface area contributed by atoms with E-state index in [0.29, 0.717) is 0 Å². The fourth-order valence-corrected chi connectivity index (χ4v) is 2.58. The third kappa shape index (κ3) is 2.90. The third-order valence-corrected chi connectivity index (χ3v) is 3.65. The maximum Gasteiger partial charge on any atom is 0.125 e. The van der Waals surface area contributed by atoms with Crippen molar-refractivity contribution < 1.29 is 4.42 Å². The van der Waals surface area contributed by atoms with Crippen LogP contribution < -0.4 is 5.32 Å². The molecule has 0 fully saturated rings. The molecule has 0 aliphatic heterocycles. The highest BCUT2D eigenvalue weighted by molar-refractivity contribution is 14.1. The Labute approximate surface area is 116 Å². The van der Waals surface area contributed by atoms with Crippen molar-refractivity contribution in [3.63, 3.8) is 0 Å². The van der Waals surface area contributed by atoms with Crippen molar-refractivity contribution in [1.82, 2.24) is 5.32 Å². The van der Waals surface area contributed by atoms with E-state index >= 15 is 0 Å². The van der Waals surface area contributed by atoms with Crippen molar-refractivity contribution >= 4 is 22.6 Å². The SMILES string of the molecule is CCNC(c1ccc(C)o1)c1ccccc1I. The molecule has 1 aromatic heterocycles. The molecule has 2 nitrogen and oxygen atoms in total. The number of rotatable bonds is 4. The standard InChI is InChI=1S/C14H16INO/c1-3-16-14(13-9-8-10(2)17-13)11-6-4-5-7-12(11)15/h4-9,14,16H,3H2,1-2H3. The Morgan fingerprint density at radius 1 is 1.24 bits per heavy atom. The summed E-state index contributed by atoms with van der Waals surface area (Å²) >= 11 is 2.37.